The van der Waals surface area contributed by atoms with Gasteiger partial charge in [-0.2, -0.15) is 0 Å². The maximum absolute atomic E-state index is 10.8. The zero-order valence-electron chi connectivity index (χ0n) is 7.67. The van der Waals surface area contributed by atoms with Gasteiger partial charge in [0.25, 0.3) is 0 Å². The highest BCUT2D eigenvalue weighted by atomic mass is 32.2. The van der Waals surface area contributed by atoms with Gasteiger partial charge in [-0.05, 0) is 6.07 Å². The quantitative estimate of drug-likeness (QED) is 0.590. The average molecular weight is 233 g/mol. The molecule has 0 aliphatic heterocycles. The molecule has 7 heteroatoms. The maximum atomic E-state index is 10.8. The molecule has 0 aliphatic carbocycles. The molecule has 0 unspecified atom stereocenters. The summed E-state index contributed by atoms with van der Waals surface area (Å²) in [6.45, 7) is 0. The van der Waals surface area contributed by atoms with E-state index in [1.165, 1.54) is 18.0 Å². The van der Waals surface area contributed by atoms with Gasteiger partial charge in [-0.3, -0.25) is 0 Å². The van der Waals surface area contributed by atoms with Crippen LogP contribution in [0.25, 0.3) is 0 Å². The molecule has 0 aliphatic rings. The van der Waals surface area contributed by atoms with Crippen LogP contribution in [0.4, 0.5) is 5.82 Å². The minimum absolute atomic E-state index is 0.121. The molecule has 0 radical (unpaired) electrons. The summed E-state index contributed by atoms with van der Waals surface area (Å²) in [6.07, 6.45) is 2.75. The summed E-state index contributed by atoms with van der Waals surface area (Å²) >= 11 is 1.28. The van der Waals surface area contributed by atoms with E-state index < -0.39 is 9.84 Å². The lowest BCUT2D eigenvalue weighted by Gasteiger charge is -1.99. The highest BCUT2D eigenvalue weighted by molar-refractivity contribution is 8.00. The minimum Gasteiger partial charge on any atom is -0.384 e. The molecule has 1 heterocycles. The number of rotatable bonds is 4. The van der Waals surface area contributed by atoms with Crippen molar-refractivity contribution in [3.05, 3.63) is 12.3 Å². The van der Waals surface area contributed by atoms with Crippen molar-refractivity contribution >= 4 is 27.4 Å². The van der Waals surface area contributed by atoms with Crippen molar-refractivity contribution in [3.63, 3.8) is 0 Å². The van der Waals surface area contributed by atoms with Gasteiger partial charge in [-0.1, -0.05) is 11.8 Å². The fraction of sp³-hybridized carbons (Fsp3) is 0.429. The molecule has 2 N–H and O–H groups in total. The third-order valence-corrected chi connectivity index (χ3v) is 3.41. The second-order valence-corrected chi connectivity index (χ2v) is 6.06. The zero-order valence-corrected chi connectivity index (χ0v) is 9.31. The highest BCUT2D eigenvalue weighted by Crippen LogP contribution is 2.13. The van der Waals surface area contributed by atoms with Gasteiger partial charge in [-0.25, -0.2) is 18.4 Å². The van der Waals surface area contributed by atoms with Crippen LogP contribution in [-0.2, 0) is 9.84 Å². The van der Waals surface area contributed by atoms with Gasteiger partial charge in [-0.15, -0.1) is 0 Å². The fourth-order valence-electron chi connectivity index (χ4n) is 0.708. The molecule has 0 atom stereocenters. The van der Waals surface area contributed by atoms with Crippen molar-refractivity contribution < 1.29 is 8.42 Å². The number of aromatic nitrogens is 2. The van der Waals surface area contributed by atoms with Crippen LogP contribution >= 0.6 is 11.8 Å². The Kier molecular flexibility index (Phi) is 3.70. The van der Waals surface area contributed by atoms with Crippen molar-refractivity contribution in [3.8, 4) is 0 Å². The number of nitrogens with zero attached hydrogens (tertiary/aromatic N) is 2. The predicted molar refractivity (Wildman–Crippen MR) is 56.9 cm³/mol. The van der Waals surface area contributed by atoms with E-state index >= 15 is 0 Å². The Morgan fingerprint density at radius 1 is 1.57 bits per heavy atom. The largest absolute Gasteiger partial charge is 0.384 e. The first-order valence-corrected chi connectivity index (χ1v) is 6.91. The topological polar surface area (TPSA) is 85.9 Å². The van der Waals surface area contributed by atoms with E-state index in [9.17, 15) is 8.42 Å². The molecule has 14 heavy (non-hydrogen) atoms. The summed E-state index contributed by atoms with van der Waals surface area (Å²) in [5.74, 6) is 0.958. The minimum atomic E-state index is -2.91. The Labute approximate surface area is 87.1 Å². The Morgan fingerprint density at radius 3 is 2.86 bits per heavy atom. The molecule has 1 aromatic rings. The Bertz CT molecular complexity index is 405. The van der Waals surface area contributed by atoms with E-state index in [2.05, 4.69) is 9.97 Å². The lowest BCUT2D eigenvalue weighted by atomic mass is 10.6. The summed E-state index contributed by atoms with van der Waals surface area (Å²) in [6, 6.07) is 1.58. The highest BCUT2D eigenvalue weighted by Gasteiger charge is 2.03. The number of thioether (sulfide) groups is 1. The molecular formula is C7H11N3O2S2. The summed E-state index contributed by atoms with van der Waals surface area (Å²) < 4.78 is 21.6. The fourth-order valence-corrected chi connectivity index (χ4v) is 2.74. The zero-order chi connectivity index (χ0) is 10.6. The predicted octanol–water partition coefficient (Wildman–Crippen LogP) is 0.196. The van der Waals surface area contributed by atoms with Gasteiger partial charge < -0.3 is 5.73 Å². The average Bonchev–Trinajstić information content (AvgIpc) is 2.01. The van der Waals surface area contributed by atoms with Gasteiger partial charge >= 0.3 is 0 Å². The lowest BCUT2D eigenvalue weighted by molar-refractivity contribution is 0.603. The molecule has 1 aromatic heterocycles. The molecule has 1 rings (SSSR count). The van der Waals surface area contributed by atoms with Crippen LogP contribution in [0.15, 0.2) is 17.4 Å². The van der Waals surface area contributed by atoms with E-state index in [1.807, 2.05) is 0 Å². The van der Waals surface area contributed by atoms with E-state index in [0.717, 1.165) is 0 Å². The van der Waals surface area contributed by atoms with Crippen LogP contribution in [0, 0.1) is 0 Å². The maximum Gasteiger partial charge on any atom is 0.189 e. The van der Waals surface area contributed by atoms with Gasteiger partial charge in [0.1, 0.15) is 15.7 Å². The van der Waals surface area contributed by atoms with Crippen molar-refractivity contribution in [2.24, 2.45) is 0 Å². The number of nitrogens with two attached hydrogens (primary N) is 1. The van der Waals surface area contributed by atoms with Gasteiger partial charge in [0, 0.05) is 18.2 Å². The molecule has 0 spiro atoms. The van der Waals surface area contributed by atoms with Crippen LogP contribution in [0.3, 0.4) is 0 Å². The summed E-state index contributed by atoms with van der Waals surface area (Å²) in [5, 5.41) is 0.508. The van der Waals surface area contributed by atoms with Gasteiger partial charge in [0.15, 0.2) is 5.16 Å². The van der Waals surface area contributed by atoms with Crippen molar-refractivity contribution in [2.75, 3.05) is 23.5 Å². The van der Waals surface area contributed by atoms with Crippen molar-refractivity contribution in [2.45, 2.75) is 5.16 Å². The molecule has 0 saturated heterocycles. The molecule has 0 aromatic carbocycles. The smallest absolute Gasteiger partial charge is 0.189 e. The lowest BCUT2D eigenvalue weighted by Crippen LogP contribution is -2.05. The first-order valence-electron chi connectivity index (χ1n) is 3.86. The van der Waals surface area contributed by atoms with Crippen molar-refractivity contribution in [1.29, 1.82) is 0 Å². The second-order valence-electron chi connectivity index (χ2n) is 2.74. The second kappa shape index (κ2) is 4.61. The normalized spacial score (nSPS) is 11.5. The molecule has 78 valence electrons. The molecule has 0 bridgehead atoms. The summed E-state index contributed by atoms with van der Waals surface area (Å²) in [7, 11) is -2.91. The van der Waals surface area contributed by atoms with Crippen LogP contribution < -0.4 is 5.73 Å². The van der Waals surface area contributed by atoms with Crippen LogP contribution in [0.1, 0.15) is 0 Å². The van der Waals surface area contributed by atoms with Crippen molar-refractivity contribution in [1.82, 2.24) is 9.97 Å². The van der Waals surface area contributed by atoms with Gasteiger partial charge in [0.2, 0.25) is 0 Å². The van der Waals surface area contributed by atoms with Crippen LogP contribution in [-0.4, -0.2) is 36.1 Å². The standard InChI is InChI=1S/C7H11N3O2S2/c1-14(11,12)5-4-13-7-9-3-2-6(8)10-7/h2-3H,4-5H2,1H3,(H2,8,9,10). The summed E-state index contributed by atoms with van der Waals surface area (Å²) in [4.78, 5) is 7.86. The Hall–Kier alpha value is -0.820. The van der Waals surface area contributed by atoms with E-state index in [0.29, 0.717) is 16.7 Å². The third kappa shape index (κ3) is 4.43. The van der Waals surface area contributed by atoms with Crippen LogP contribution in [0.5, 0.6) is 0 Å². The van der Waals surface area contributed by atoms with Crippen LogP contribution in [0.2, 0.25) is 0 Å². The number of nitrogen functional groups attached to an aromatic ring is 1. The monoisotopic (exact) mass is 233 g/mol. The van der Waals surface area contributed by atoms with E-state index in [1.54, 1.807) is 12.3 Å². The van der Waals surface area contributed by atoms with Gasteiger partial charge in [0.05, 0.1) is 5.75 Å². The number of anilines is 1. The SMILES string of the molecule is CS(=O)(=O)CCSc1nccc(N)n1. The molecule has 0 fully saturated rings. The Morgan fingerprint density at radius 2 is 2.29 bits per heavy atom. The first-order chi connectivity index (χ1) is 6.47. The third-order valence-electron chi connectivity index (χ3n) is 1.34. The molecular weight excluding hydrogens is 222 g/mol. The molecule has 0 amide bonds. The van der Waals surface area contributed by atoms with E-state index in [4.69, 9.17) is 5.73 Å². The molecule has 5 nitrogen and oxygen atoms in total. The Balaban J connectivity index is 2.47. The number of hydrogen-bond donors (Lipinski definition) is 1. The summed E-state index contributed by atoms with van der Waals surface area (Å²) in [5.41, 5.74) is 5.43. The molecule has 0 saturated carbocycles. The number of hydrogen-bond acceptors (Lipinski definition) is 6. The van der Waals surface area contributed by atoms with E-state index in [-0.39, 0.29) is 5.75 Å². The first kappa shape index (κ1) is 11.3. The number of sulfone groups is 1.